The highest BCUT2D eigenvalue weighted by Crippen LogP contribution is 2.32. The van der Waals surface area contributed by atoms with Gasteiger partial charge in [-0.3, -0.25) is 14.4 Å². The molecule has 1 aliphatic heterocycles. The van der Waals surface area contributed by atoms with Crippen LogP contribution in [0.4, 0.5) is 11.4 Å². The van der Waals surface area contributed by atoms with E-state index >= 15 is 0 Å². The average molecular weight is 586 g/mol. The summed E-state index contributed by atoms with van der Waals surface area (Å²) in [5.41, 5.74) is 4.21. The van der Waals surface area contributed by atoms with Crippen LogP contribution in [0.25, 0.3) is 0 Å². The molecule has 1 fully saturated rings. The number of rotatable bonds is 7. The van der Waals surface area contributed by atoms with Crippen molar-refractivity contribution in [1.29, 1.82) is 0 Å². The van der Waals surface area contributed by atoms with Crippen molar-refractivity contribution in [2.75, 3.05) is 23.4 Å². The quantitative estimate of drug-likeness (QED) is 0.327. The third-order valence-corrected chi connectivity index (χ3v) is 7.66. The second-order valence-corrected chi connectivity index (χ2v) is 10.2. The molecule has 0 radical (unpaired) electrons. The number of benzene rings is 3. The first kappa shape index (κ1) is 26.7. The van der Waals surface area contributed by atoms with E-state index in [4.69, 9.17) is 21.1 Å². The highest BCUT2D eigenvalue weighted by molar-refractivity contribution is 9.10. The Kier molecular flexibility index (Phi) is 8.19. The lowest BCUT2D eigenvalue weighted by molar-refractivity contribution is -0.151. The van der Waals surface area contributed by atoms with Gasteiger partial charge in [-0.25, -0.2) is 0 Å². The van der Waals surface area contributed by atoms with E-state index in [1.54, 1.807) is 48.2 Å². The zero-order chi connectivity index (χ0) is 26.7. The normalized spacial score (nSPS) is 15.0. The van der Waals surface area contributed by atoms with Crippen LogP contribution in [0.3, 0.4) is 0 Å². The molecular weight excluding hydrogens is 560 g/mol. The largest absolute Gasteiger partial charge is 0.457 e. The average Bonchev–Trinajstić information content (AvgIpc) is 3.27. The maximum atomic E-state index is 12.6. The van der Waals surface area contributed by atoms with Gasteiger partial charge in [-0.2, -0.15) is 0 Å². The predicted octanol–water partition coefficient (Wildman–Crippen LogP) is 6.35. The molecule has 0 spiro atoms. The van der Waals surface area contributed by atoms with Gasteiger partial charge in [0, 0.05) is 28.8 Å². The molecule has 4 rings (SSSR count). The summed E-state index contributed by atoms with van der Waals surface area (Å²) in [4.78, 5) is 39.0. The van der Waals surface area contributed by atoms with E-state index < -0.39 is 24.4 Å². The van der Waals surface area contributed by atoms with Crippen molar-refractivity contribution in [3.05, 3.63) is 80.8 Å². The number of amides is 2. The number of ether oxygens (including phenoxy) is 2. The van der Waals surface area contributed by atoms with Crippen LogP contribution in [-0.2, 0) is 19.1 Å². The minimum absolute atomic E-state index is 0.0166. The molecule has 1 saturated heterocycles. The van der Waals surface area contributed by atoms with Gasteiger partial charge in [-0.1, -0.05) is 17.7 Å². The number of esters is 1. The number of hydrogen-bond donors (Lipinski definition) is 1. The number of hydrogen-bond acceptors (Lipinski definition) is 5. The minimum atomic E-state index is -0.657. The zero-order valence-electron chi connectivity index (χ0n) is 20.6. The van der Waals surface area contributed by atoms with Gasteiger partial charge in [0.15, 0.2) is 6.61 Å². The molecule has 1 heterocycles. The summed E-state index contributed by atoms with van der Waals surface area (Å²) < 4.78 is 11.8. The fourth-order valence-corrected chi connectivity index (χ4v) is 4.55. The van der Waals surface area contributed by atoms with Gasteiger partial charge in [0.05, 0.1) is 10.9 Å². The number of carbonyl (C=O) groups is 3. The van der Waals surface area contributed by atoms with Crippen LogP contribution in [0, 0.1) is 26.7 Å². The molecule has 192 valence electrons. The first-order valence-electron chi connectivity index (χ1n) is 11.7. The molecule has 1 atom stereocenters. The SMILES string of the molecule is Cc1ccc(Oc2ccc(N3C[C@@H](C(=O)OCC(=O)Nc4ccc(Br)c(Cl)c4C)CC3=O)cc2)cc1C. The Morgan fingerprint density at radius 1 is 1.03 bits per heavy atom. The van der Waals surface area contributed by atoms with E-state index in [0.717, 1.165) is 15.8 Å². The van der Waals surface area contributed by atoms with Crippen molar-refractivity contribution in [2.45, 2.75) is 27.2 Å². The number of anilines is 2. The third-order valence-electron chi connectivity index (χ3n) is 6.28. The van der Waals surface area contributed by atoms with Gasteiger partial charge in [-0.15, -0.1) is 0 Å². The van der Waals surface area contributed by atoms with Crippen LogP contribution in [0.15, 0.2) is 59.1 Å². The Hall–Kier alpha value is -3.36. The van der Waals surface area contributed by atoms with Gasteiger partial charge >= 0.3 is 5.97 Å². The number of carbonyl (C=O) groups excluding carboxylic acids is 3. The lowest BCUT2D eigenvalue weighted by Gasteiger charge is -2.17. The monoisotopic (exact) mass is 584 g/mol. The van der Waals surface area contributed by atoms with Crippen LogP contribution in [0.1, 0.15) is 23.1 Å². The van der Waals surface area contributed by atoms with Crippen LogP contribution in [0.5, 0.6) is 11.5 Å². The van der Waals surface area contributed by atoms with Gasteiger partial charge in [0.1, 0.15) is 11.5 Å². The molecule has 3 aromatic carbocycles. The van der Waals surface area contributed by atoms with E-state index in [0.29, 0.717) is 27.7 Å². The van der Waals surface area contributed by atoms with Crippen molar-refractivity contribution in [3.8, 4) is 11.5 Å². The topological polar surface area (TPSA) is 84.9 Å². The van der Waals surface area contributed by atoms with Crippen LogP contribution < -0.4 is 15.0 Å². The van der Waals surface area contributed by atoms with Crippen molar-refractivity contribution in [2.24, 2.45) is 5.92 Å². The number of halogens is 2. The molecule has 3 aromatic rings. The molecule has 37 heavy (non-hydrogen) atoms. The number of nitrogens with zero attached hydrogens (tertiary/aromatic N) is 1. The van der Waals surface area contributed by atoms with Gasteiger partial charge < -0.3 is 19.7 Å². The fourth-order valence-electron chi connectivity index (χ4n) is 3.95. The van der Waals surface area contributed by atoms with Crippen LogP contribution >= 0.6 is 27.5 Å². The van der Waals surface area contributed by atoms with Crippen molar-refractivity contribution in [1.82, 2.24) is 0 Å². The maximum Gasteiger partial charge on any atom is 0.311 e. The molecule has 2 amide bonds. The summed E-state index contributed by atoms with van der Waals surface area (Å²) in [5.74, 6) is -0.548. The molecule has 0 aromatic heterocycles. The summed E-state index contributed by atoms with van der Waals surface area (Å²) in [6.07, 6.45) is 0.0166. The highest BCUT2D eigenvalue weighted by atomic mass is 79.9. The van der Waals surface area contributed by atoms with Gasteiger partial charge in [-0.05, 0) is 102 Å². The van der Waals surface area contributed by atoms with E-state index in [9.17, 15) is 14.4 Å². The first-order chi connectivity index (χ1) is 17.6. The maximum absolute atomic E-state index is 12.6. The summed E-state index contributed by atoms with van der Waals surface area (Å²) in [5, 5.41) is 3.18. The second-order valence-electron chi connectivity index (χ2n) is 8.94. The predicted molar refractivity (Wildman–Crippen MR) is 146 cm³/mol. The van der Waals surface area contributed by atoms with Gasteiger partial charge in [0.25, 0.3) is 5.91 Å². The Morgan fingerprint density at radius 3 is 2.43 bits per heavy atom. The molecular formula is C28H26BrClN2O5. The lowest BCUT2D eigenvalue weighted by atomic mass is 10.1. The van der Waals surface area contributed by atoms with E-state index in [2.05, 4.69) is 21.2 Å². The molecule has 1 N–H and O–H groups in total. The third kappa shape index (κ3) is 6.32. The molecule has 0 unspecified atom stereocenters. The van der Waals surface area contributed by atoms with Crippen LogP contribution in [-0.4, -0.2) is 30.9 Å². The molecule has 9 heteroatoms. The molecule has 0 bridgehead atoms. The van der Waals surface area contributed by atoms with Crippen molar-refractivity contribution in [3.63, 3.8) is 0 Å². The summed E-state index contributed by atoms with van der Waals surface area (Å²) in [6.45, 7) is 5.56. The van der Waals surface area contributed by atoms with E-state index in [1.807, 2.05) is 32.0 Å². The number of nitrogens with one attached hydrogen (secondary N) is 1. The summed E-state index contributed by atoms with van der Waals surface area (Å²) in [6, 6.07) is 16.4. The minimum Gasteiger partial charge on any atom is -0.457 e. The fraction of sp³-hybridized carbons (Fsp3) is 0.250. The molecule has 7 nitrogen and oxygen atoms in total. The molecule has 1 aliphatic rings. The Labute approximate surface area is 228 Å². The van der Waals surface area contributed by atoms with Crippen LogP contribution in [0.2, 0.25) is 5.02 Å². The highest BCUT2D eigenvalue weighted by Gasteiger charge is 2.36. The Bertz CT molecular complexity index is 1360. The van der Waals surface area contributed by atoms with E-state index in [-0.39, 0.29) is 18.9 Å². The second kappa shape index (κ2) is 11.4. The van der Waals surface area contributed by atoms with Gasteiger partial charge in [0.2, 0.25) is 5.91 Å². The first-order valence-corrected chi connectivity index (χ1v) is 12.9. The summed E-state index contributed by atoms with van der Waals surface area (Å²) >= 11 is 9.52. The Balaban J connectivity index is 1.30. The van der Waals surface area contributed by atoms with Crippen molar-refractivity contribution >= 4 is 56.7 Å². The van der Waals surface area contributed by atoms with E-state index in [1.165, 1.54) is 5.56 Å². The summed E-state index contributed by atoms with van der Waals surface area (Å²) in [7, 11) is 0. The lowest BCUT2D eigenvalue weighted by Crippen LogP contribution is -2.28. The smallest absolute Gasteiger partial charge is 0.311 e. The van der Waals surface area contributed by atoms with Crippen molar-refractivity contribution < 1.29 is 23.9 Å². The number of aryl methyl sites for hydroxylation is 2. The zero-order valence-corrected chi connectivity index (χ0v) is 23.0. The Morgan fingerprint density at radius 2 is 1.73 bits per heavy atom. The molecule has 0 saturated carbocycles. The standard InChI is InChI=1S/C28H26BrClN2O5/c1-16-4-7-22(12-17(16)2)37-21-8-5-20(6-9-21)32-14-19(13-26(32)34)28(35)36-15-25(33)31-24-11-10-23(29)27(30)18(24)3/h4-12,19H,13-15H2,1-3H3,(H,31,33)/t19-/m0/s1. The molecule has 0 aliphatic carbocycles.